The SMILES string of the molecule is COc1ccccc1NC(=O)N1CCC(CNC(=O)C(=O)Nc2ccccc2C)CC1. The van der Waals surface area contributed by atoms with Gasteiger partial charge >= 0.3 is 17.8 Å². The molecule has 0 radical (unpaired) electrons. The van der Waals surface area contributed by atoms with E-state index in [1.165, 1.54) is 0 Å². The zero-order valence-corrected chi connectivity index (χ0v) is 17.8. The highest BCUT2D eigenvalue weighted by atomic mass is 16.5. The van der Waals surface area contributed by atoms with E-state index in [4.69, 9.17) is 4.74 Å². The van der Waals surface area contributed by atoms with Crippen LogP contribution in [-0.2, 0) is 9.59 Å². The van der Waals surface area contributed by atoms with Crippen molar-refractivity contribution >= 4 is 29.2 Å². The van der Waals surface area contributed by atoms with Crippen molar-refractivity contribution in [2.75, 3.05) is 37.4 Å². The standard InChI is InChI=1S/C23H28N4O4/c1-16-7-3-4-8-18(16)25-22(29)21(28)24-15-17-11-13-27(14-12-17)23(30)26-19-9-5-6-10-20(19)31-2/h3-10,17H,11-15H2,1-2H3,(H,24,28)(H,25,29)(H,26,30). The van der Waals surface area contributed by atoms with Crippen LogP contribution in [0.3, 0.4) is 0 Å². The number of piperidine rings is 1. The molecule has 1 heterocycles. The molecule has 1 aliphatic rings. The first-order chi connectivity index (χ1) is 15.0. The number of nitrogens with one attached hydrogen (secondary N) is 3. The predicted octanol–water partition coefficient (Wildman–Crippen LogP) is 3.00. The number of urea groups is 1. The van der Waals surface area contributed by atoms with Crippen molar-refractivity contribution in [3.63, 3.8) is 0 Å². The molecule has 31 heavy (non-hydrogen) atoms. The van der Waals surface area contributed by atoms with Crippen LogP contribution in [0.25, 0.3) is 0 Å². The molecule has 1 aliphatic heterocycles. The Morgan fingerprint density at radius 3 is 2.26 bits per heavy atom. The summed E-state index contributed by atoms with van der Waals surface area (Å²) in [4.78, 5) is 38.5. The molecule has 0 unspecified atom stereocenters. The first-order valence-corrected chi connectivity index (χ1v) is 10.3. The first kappa shape index (κ1) is 22.1. The van der Waals surface area contributed by atoms with E-state index < -0.39 is 11.8 Å². The Kier molecular flexibility index (Phi) is 7.48. The number of carbonyl (C=O) groups excluding carboxylic acids is 3. The Bertz CT molecular complexity index is 939. The number of para-hydroxylation sites is 3. The lowest BCUT2D eigenvalue weighted by atomic mass is 9.97. The highest BCUT2D eigenvalue weighted by Crippen LogP contribution is 2.24. The van der Waals surface area contributed by atoms with Gasteiger partial charge in [0.15, 0.2) is 0 Å². The molecule has 3 N–H and O–H groups in total. The number of nitrogens with zero attached hydrogens (tertiary/aromatic N) is 1. The van der Waals surface area contributed by atoms with Gasteiger partial charge in [0.2, 0.25) is 0 Å². The van der Waals surface area contributed by atoms with Gasteiger partial charge < -0.3 is 25.6 Å². The fourth-order valence-corrected chi connectivity index (χ4v) is 3.49. The molecule has 164 valence electrons. The quantitative estimate of drug-likeness (QED) is 0.643. The molecule has 8 nitrogen and oxygen atoms in total. The number of likely N-dealkylation sites (tertiary alicyclic amines) is 1. The molecule has 0 aromatic heterocycles. The summed E-state index contributed by atoms with van der Waals surface area (Å²) in [7, 11) is 1.56. The highest BCUT2D eigenvalue weighted by molar-refractivity contribution is 6.39. The Morgan fingerprint density at radius 1 is 0.935 bits per heavy atom. The van der Waals surface area contributed by atoms with Gasteiger partial charge in [-0.15, -0.1) is 0 Å². The van der Waals surface area contributed by atoms with Crippen molar-refractivity contribution in [2.24, 2.45) is 5.92 Å². The minimum absolute atomic E-state index is 0.176. The molecule has 0 aliphatic carbocycles. The van der Waals surface area contributed by atoms with Gasteiger partial charge in [-0.2, -0.15) is 0 Å². The number of anilines is 2. The molecule has 0 bridgehead atoms. The van der Waals surface area contributed by atoms with Gasteiger partial charge in [-0.05, 0) is 49.4 Å². The van der Waals surface area contributed by atoms with Gasteiger partial charge in [0.1, 0.15) is 5.75 Å². The molecule has 0 spiro atoms. The zero-order chi connectivity index (χ0) is 22.2. The van der Waals surface area contributed by atoms with E-state index in [0.29, 0.717) is 36.8 Å². The molecule has 1 fully saturated rings. The molecule has 8 heteroatoms. The number of rotatable bonds is 5. The Hall–Kier alpha value is -3.55. The van der Waals surface area contributed by atoms with Crippen LogP contribution in [-0.4, -0.2) is 49.5 Å². The third kappa shape index (κ3) is 5.97. The van der Waals surface area contributed by atoms with E-state index in [9.17, 15) is 14.4 Å². The van der Waals surface area contributed by atoms with E-state index in [0.717, 1.165) is 18.4 Å². The fourth-order valence-electron chi connectivity index (χ4n) is 3.49. The molecular weight excluding hydrogens is 396 g/mol. The van der Waals surface area contributed by atoms with Crippen molar-refractivity contribution in [1.82, 2.24) is 10.2 Å². The molecule has 0 atom stereocenters. The van der Waals surface area contributed by atoms with Crippen LogP contribution in [0.1, 0.15) is 18.4 Å². The van der Waals surface area contributed by atoms with Crippen molar-refractivity contribution in [2.45, 2.75) is 19.8 Å². The second-order valence-corrected chi connectivity index (χ2v) is 7.54. The van der Waals surface area contributed by atoms with Crippen LogP contribution < -0.4 is 20.7 Å². The number of carbonyl (C=O) groups is 3. The number of methoxy groups -OCH3 is 1. The minimum atomic E-state index is -0.678. The van der Waals surface area contributed by atoms with Crippen LogP contribution >= 0.6 is 0 Å². The van der Waals surface area contributed by atoms with Crippen molar-refractivity contribution in [3.05, 3.63) is 54.1 Å². The van der Waals surface area contributed by atoms with Crippen molar-refractivity contribution < 1.29 is 19.1 Å². The number of benzene rings is 2. The predicted molar refractivity (Wildman–Crippen MR) is 119 cm³/mol. The third-order valence-electron chi connectivity index (χ3n) is 5.40. The summed E-state index contributed by atoms with van der Waals surface area (Å²) in [6.07, 6.45) is 1.50. The number of amides is 4. The molecule has 1 saturated heterocycles. The van der Waals surface area contributed by atoms with E-state index in [2.05, 4.69) is 16.0 Å². The highest BCUT2D eigenvalue weighted by Gasteiger charge is 2.24. The monoisotopic (exact) mass is 424 g/mol. The maximum absolute atomic E-state index is 12.5. The molecule has 0 saturated carbocycles. The van der Waals surface area contributed by atoms with Crippen LogP contribution in [0.4, 0.5) is 16.2 Å². The van der Waals surface area contributed by atoms with Crippen LogP contribution in [0, 0.1) is 12.8 Å². The van der Waals surface area contributed by atoms with Crippen LogP contribution in [0.2, 0.25) is 0 Å². The van der Waals surface area contributed by atoms with Gasteiger partial charge in [-0.1, -0.05) is 30.3 Å². The molecule has 4 amide bonds. The Labute approximate surface area is 182 Å². The van der Waals surface area contributed by atoms with E-state index in [1.54, 1.807) is 36.3 Å². The first-order valence-electron chi connectivity index (χ1n) is 10.3. The number of aryl methyl sites for hydroxylation is 1. The topological polar surface area (TPSA) is 99.8 Å². The van der Waals surface area contributed by atoms with E-state index >= 15 is 0 Å². The summed E-state index contributed by atoms with van der Waals surface area (Å²) in [6.45, 7) is 3.43. The summed E-state index contributed by atoms with van der Waals surface area (Å²) in [6, 6.07) is 14.4. The lowest BCUT2D eigenvalue weighted by molar-refractivity contribution is -0.136. The molecule has 2 aromatic carbocycles. The average molecular weight is 425 g/mol. The summed E-state index contributed by atoms with van der Waals surface area (Å²) >= 11 is 0. The summed E-state index contributed by atoms with van der Waals surface area (Å²) in [5.41, 5.74) is 2.14. The summed E-state index contributed by atoms with van der Waals surface area (Å²) < 4.78 is 5.26. The van der Waals surface area contributed by atoms with Gasteiger partial charge in [0, 0.05) is 25.3 Å². The molecular formula is C23H28N4O4. The zero-order valence-electron chi connectivity index (χ0n) is 17.8. The maximum atomic E-state index is 12.5. The second kappa shape index (κ2) is 10.5. The smallest absolute Gasteiger partial charge is 0.321 e. The van der Waals surface area contributed by atoms with E-state index in [1.807, 2.05) is 31.2 Å². The normalized spacial score (nSPS) is 13.9. The Morgan fingerprint density at radius 2 is 1.58 bits per heavy atom. The number of hydrogen-bond acceptors (Lipinski definition) is 4. The third-order valence-corrected chi connectivity index (χ3v) is 5.40. The summed E-state index contributed by atoms with van der Waals surface area (Å²) in [5.74, 6) is -0.509. The minimum Gasteiger partial charge on any atom is -0.495 e. The van der Waals surface area contributed by atoms with E-state index in [-0.39, 0.29) is 11.9 Å². The lowest BCUT2D eigenvalue weighted by Crippen LogP contribution is -2.44. The van der Waals surface area contributed by atoms with Crippen molar-refractivity contribution in [3.8, 4) is 5.75 Å². The van der Waals surface area contributed by atoms with Gasteiger partial charge in [0.25, 0.3) is 0 Å². The number of hydrogen-bond donors (Lipinski definition) is 3. The Balaban J connectivity index is 1.41. The second-order valence-electron chi connectivity index (χ2n) is 7.54. The van der Waals surface area contributed by atoms with Crippen molar-refractivity contribution in [1.29, 1.82) is 0 Å². The van der Waals surface area contributed by atoms with Crippen LogP contribution in [0.15, 0.2) is 48.5 Å². The van der Waals surface area contributed by atoms with Gasteiger partial charge in [-0.3, -0.25) is 9.59 Å². The maximum Gasteiger partial charge on any atom is 0.321 e. The lowest BCUT2D eigenvalue weighted by Gasteiger charge is -2.32. The molecule has 3 rings (SSSR count). The summed E-state index contributed by atoms with van der Waals surface area (Å²) in [5, 5.41) is 8.21. The number of ether oxygens (including phenoxy) is 1. The largest absolute Gasteiger partial charge is 0.495 e. The van der Waals surface area contributed by atoms with Gasteiger partial charge in [0.05, 0.1) is 12.8 Å². The fraction of sp³-hybridized carbons (Fsp3) is 0.348. The van der Waals surface area contributed by atoms with Crippen LogP contribution in [0.5, 0.6) is 5.75 Å². The van der Waals surface area contributed by atoms with Gasteiger partial charge in [-0.25, -0.2) is 4.79 Å². The molecule has 2 aromatic rings. The average Bonchev–Trinajstić information content (AvgIpc) is 2.79.